The van der Waals surface area contributed by atoms with Crippen molar-refractivity contribution in [2.24, 2.45) is 5.92 Å². The minimum atomic E-state index is 0.386. The van der Waals surface area contributed by atoms with Crippen molar-refractivity contribution in [3.05, 3.63) is 0 Å². The Labute approximate surface area is 106 Å². The first-order chi connectivity index (χ1) is 8.20. The van der Waals surface area contributed by atoms with Gasteiger partial charge in [-0.25, -0.2) is 0 Å². The van der Waals surface area contributed by atoms with Gasteiger partial charge in [-0.05, 0) is 33.2 Å². The zero-order valence-electron chi connectivity index (χ0n) is 11.6. The average Bonchev–Trinajstić information content (AvgIpc) is 2.28. The van der Waals surface area contributed by atoms with Crippen molar-refractivity contribution in [1.29, 1.82) is 0 Å². The van der Waals surface area contributed by atoms with Crippen LogP contribution in [0.4, 0.5) is 0 Å². The first-order valence-electron chi connectivity index (χ1n) is 7.23. The van der Waals surface area contributed by atoms with Crippen molar-refractivity contribution in [2.75, 3.05) is 26.7 Å². The van der Waals surface area contributed by atoms with Crippen LogP contribution in [0.5, 0.6) is 0 Å². The van der Waals surface area contributed by atoms with E-state index in [0.717, 1.165) is 25.6 Å². The summed E-state index contributed by atoms with van der Waals surface area (Å²) in [7, 11) is 2.08. The summed E-state index contributed by atoms with van der Waals surface area (Å²) in [5.41, 5.74) is 0. The number of hydrogen-bond acceptors (Lipinski definition) is 3. The van der Waals surface area contributed by atoms with E-state index in [9.17, 15) is 0 Å². The fourth-order valence-corrected chi connectivity index (χ4v) is 2.95. The Morgan fingerprint density at radius 2 is 2.12 bits per heavy atom. The van der Waals surface area contributed by atoms with Gasteiger partial charge in [-0.1, -0.05) is 19.3 Å². The van der Waals surface area contributed by atoms with Crippen molar-refractivity contribution in [3.8, 4) is 0 Å². The zero-order valence-corrected chi connectivity index (χ0v) is 11.6. The minimum Gasteiger partial charge on any atom is -0.374 e. The fraction of sp³-hybridized carbons (Fsp3) is 1.00. The molecule has 0 spiro atoms. The summed E-state index contributed by atoms with van der Waals surface area (Å²) in [5, 5.41) is 3.48. The third kappa shape index (κ3) is 3.43. The number of likely N-dealkylation sites (N-methyl/N-ethyl adjacent to an activating group) is 1. The molecule has 3 nitrogen and oxygen atoms in total. The van der Waals surface area contributed by atoms with Crippen molar-refractivity contribution in [3.63, 3.8) is 0 Å². The highest BCUT2D eigenvalue weighted by Gasteiger charge is 2.31. The molecule has 100 valence electrons. The summed E-state index contributed by atoms with van der Waals surface area (Å²) in [4.78, 5) is 2.54. The van der Waals surface area contributed by atoms with Crippen LogP contribution in [0.15, 0.2) is 0 Å². The fourth-order valence-electron chi connectivity index (χ4n) is 2.95. The molecule has 2 unspecified atom stereocenters. The standard InChI is InChI=1S/C14H28N2O/c1-11(2)16-7-8-17-14(10-16)13(15-3)9-12-5-4-6-12/h11-15H,4-10H2,1-3H3. The highest BCUT2D eigenvalue weighted by atomic mass is 16.5. The summed E-state index contributed by atoms with van der Waals surface area (Å²) >= 11 is 0. The molecule has 1 saturated heterocycles. The van der Waals surface area contributed by atoms with E-state index in [1.807, 2.05) is 0 Å². The Hall–Kier alpha value is -0.120. The Balaban J connectivity index is 1.84. The van der Waals surface area contributed by atoms with Gasteiger partial charge in [0.1, 0.15) is 0 Å². The van der Waals surface area contributed by atoms with Gasteiger partial charge in [-0.15, -0.1) is 0 Å². The quantitative estimate of drug-likeness (QED) is 0.794. The maximum Gasteiger partial charge on any atom is 0.0855 e. The zero-order chi connectivity index (χ0) is 12.3. The summed E-state index contributed by atoms with van der Waals surface area (Å²) in [6.45, 7) is 7.64. The molecule has 2 rings (SSSR count). The smallest absolute Gasteiger partial charge is 0.0855 e. The van der Waals surface area contributed by atoms with Gasteiger partial charge in [-0.3, -0.25) is 4.90 Å². The second kappa shape index (κ2) is 6.17. The molecule has 0 aromatic carbocycles. The lowest BCUT2D eigenvalue weighted by atomic mass is 9.79. The van der Waals surface area contributed by atoms with Crippen LogP contribution in [-0.4, -0.2) is 49.8 Å². The monoisotopic (exact) mass is 240 g/mol. The van der Waals surface area contributed by atoms with Crippen LogP contribution in [0.2, 0.25) is 0 Å². The predicted molar refractivity (Wildman–Crippen MR) is 71.3 cm³/mol. The van der Waals surface area contributed by atoms with Crippen LogP contribution in [0.3, 0.4) is 0 Å². The summed E-state index contributed by atoms with van der Waals surface area (Å²) in [5.74, 6) is 0.950. The Morgan fingerprint density at radius 1 is 1.35 bits per heavy atom. The van der Waals surface area contributed by atoms with E-state index in [4.69, 9.17) is 4.74 Å². The van der Waals surface area contributed by atoms with Crippen molar-refractivity contribution < 1.29 is 4.74 Å². The molecular weight excluding hydrogens is 212 g/mol. The third-order valence-corrected chi connectivity index (χ3v) is 4.49. The van der Waals surface area contributed by atoms with Gasteiger partial charge in [0.2, 0.25) is 0 Å². The predicted octanol–water partition coefficient (Wildman–Crippen LogP) is 1.87. The number of nitrogens with one attached hydrogen (secondary N) is 1. The molecule has 1 heterocycles. The molecule has 2 fully saturated rings. The number of hydrogen-bond donors (Lipinski definition) is 1. The van der Waals surface area contributed by atoms with E-state index in [0.29, 0.717) is 18.2 Å². The first-order valence-corrected chi connectivity index (χ1v) is 7.23. The molecule has 17 heavy (non-hydrogen) atoms. The van der Waals surface area contributed by atoms with Gasteiger partial charge in [0.05, 0.1) is 12.7 Å². The highest BCUT2D eigenvalue weighted by molar-refractivity contribution is 4.86. The van der Waals surface area contributed by atoms with E-state index >= 15 is 0 Å². The minimum absolute atomic E-state index is 0.386. The number of nitrogens with zero attached hydrogens (tertiary/aromatic N) is 1. The highest BCUT2D eigenvalue weighted by Crippen LogP contribution is 2.31. The molecule has 1 aliphatic heterocycles. The number of ether oxygens (including phenoxy) is 1. The van der Waals surface area contributed by atoms with Crippen LogP contribution in [0.25, 0.3) is 0 Å². The van der Waals surface area contributed by atoms with Gasteiger partial charge in [0.25, 0.3) is 0 Å². The Morgan fingerprint density at radius 3 is 2.65 bits per heavy atom. The summed E-state index contributed by atoms with van der Waals surface area (Å²) < 4.78 is 5.98. The molecular formula is C14H28N2O. The van der Waals surface area contributed by atoms with Gasteiger partial charge < -0.3 is 10.1 Å². The Kier molecular flexibility index (Phi) is 4.83. The lowest BCUT2D eigenvalue weighted by Crippen LogP contribution is -2.53. The first kappa shape index (κ1) is 13.3. The molecule has 2 aliphatic rings. The van der Waals surface area contributed by atoms with Crippen molar-refractivity contribution >= 4 is 0 Å². The van der Waals surface area contributed by atoms with Gasteiger partial charge in [0.15, 0.2) is 0 Å². The molecule has 1 N–H and O–H groups in total. The molecule has 0 radical (unpaired) electrons. The maximum absolute atomic E-state index is 5.98. The van der Waals surface area contributed by atoms with Crippen LogP contribution in [-0.2, 0) is 4.74 Å². The molecule has 0 aromatic heterocycles. The Bertz CT molecular complexity index is 228. The molecule has 1 saturated carbocycles. The largest absolute Gasteiger partial charge is 0.374 e. The van der Waals surface area contributed by atoms with E-state index < -0.39 is 0 Å². The van der Waals surface area contributed by atoms with Gasteiger partial charge in [-0.2, -0.15) is 0 Å². The van der Waals surface area contributed by atoms with Crippen molar-refractivity contribution in [1.82, 2.24) is 10.2 Å². The van der Waals surface area contributed by atoms with Crippen LogP contribution < -0.4 is 5.32 Å². The van der Waals surface area contributed by atoms with E-state index in [-0.39, 0.29) is 0 Å². The lowest BCUT2D eigenvalue weighted by Gasteiger charge is -2.40. The lowest BCUT2D eigenvalue weighted by molar-refractivity contribution is -0.0591. The van der Waals surface area contributed by atoms with E-state index in [2.05, 4.69) is 31.1 Å². The SMILES string of the molecule is CNC(CC1CCC1)C1CN(C(C)C)CCO1. The van der Waals surface area contributed by atoms with Gasteiger partial charge in [0, 0.05) is 25.2 Å². The van der Waals surface area contributed by atoms with Crippen LogP contribution >= 0.6 is 0 Å². The number of rotatable bonds is 5. The second-order valence-corrected chi connectivity index (χ2v) is 5.93. The normalized spacial score (nSPS) is 29.3. The van der Waals surface area contributed by atoms with E-state index in [1.54, 1.807) is 0 Å². The average molecular weight is 240 g/mol. The molecule has 1 aliphatic carbocycles. The van der Waals surface area contributed by atoms with Gasteiger partial charge >= 0.3 is 0 Å². The summed E-state index contributed by atoms with van der Waals surface area (Å²) in [6.07, 6.45) is 5.98. The molecule has 0 bridgehead atoms. The molecule has 2 atom stereocenters. The maximum atomic E-state index is 5.98. The molecule has 0 amide bonds. The third-order valence-electron chi connectivity index (χ3n) is 4.49. The van der Waals surface area contributed by atoms with Crippen molar-refractivity contribution in [2.45, 2.75) is 57.7 Å². The van der Waals surface area contributed by atoms with Crippen LogP contribution in [0, 0.1) is 5.92 Å². The second-order valence-electron chi connectivity index (χ2n) is 5.93. The topological polar surface area (TPSA) is 24.5 Å². The van der Waals surface area contributed by atoms with E-state index in [1.165, 1.54) is 25.7 Å². The summed E-state index contributed by atoms with van der Waals surface area (Å²) in [6, 6.07) is 1.18. The number of morpholine rings is 1. The molecule has 3 heteroatoms. The molecule has 0 aromatic rings. The van der Waals surface area contributed by atoms with Crippen LogP contribution in [0.1, 0.15) is 39.5 Å².